The Labute approximate surface area is 156 Å². The maximum Gasteiger partial charge on any atom is 0.387 e. The molecule has 0 spiro atoms. The Morgan fingerprint density at radius 3 is 2.50 bits per heavy atom. The predicted octanol–water partition coefficient (Wildman–Crippen LogP) is 4.54. The van der Waals surface area contributed by atoms with Crippen molar-refractivity contribution in [1.82, 2.24) is 4.90 Å². The first kappa shape index (κ1) is 20.0. The van der Waals surface area contributed by atoms with Crippen molar-refractivity contribution in [2.45, 2.75) is 26.0 Å². The molecule has 0 aromatic heterocycles. The summed E-state index contributed by atoms with van der Waals surface area (Å²) in [6.07, 6.45) is 0.805. The van der Waals surface area contributed by atoms with Gasteiger partial charge < -0.3 is 14.4 Å². The average molecular weight is 384 g/mol. The predicted molar refractivity (Wildman–Crippen MR) is 95.9 cm³/mol. The second-order valence-corrected chi connectivity index (χ2v) is 6.16. The molecule has 0 N–H and O–H groups in total. The summed E-state index contributed by atoms with van der Waals surface area (Å²) in [5.41, 5.74) is 1.69. The van der Waals surface area contributed by atoms with Gasteiger partial charge in [-0.25, -0.2) is 0 Å². The Morgan fingerprint density at radius 1 is 1.19 bits per heavy atom. The second-order valence-electron chi connectivity index (χ2n) is 5.73. The van der Waals surface area contributed by atoms with Gasteiger partial charge in [-0.3, -0.25) is 4.79 Å². The molecule has 2 aromatic carbocycles. The Bertz CT molecular complexity index is 738. The largest absolute Gasteiger partial charge is 0.496 e. The van der Waals surface area contributed by atoms with Crippen LogP contribution in [0.15, 0.2) is 42.5 Å². The van der Waals surface area contributed by atoms with E-state index in [9.17, 15) is 13.6 Å². The van der Waals surface area contributed by atoms with E-state index in [2.05, 4.69) is 4.74 Å². The zero-order chi connectivity index (χ0) is 19.1. The van der Waals surface area contributed by atoms with Crippen LogP contribution in [0.5, 0.6) is 11.5 Å². The molecule has 0 aliphatic rings. The molecular weight excluding hydrogens is 364 g/mol. The van der Waals surface area contributed by atoms with Crippen LogP contribution in [-0.2, 0) is 17.8 Å². The molecule has 0 fully saturated rings. The maximum atomic E-state index is 12.3. The van der Waals surface area contributed by atoms with E-state index in [1.165, 1.54) is 12.1 Å². The number of aryl methyl sites for hydroxylation is 1. The third kappa shape index (κ3) is 5.88. The number of rotatable bonds is 8. The van der Waals surface area contributed by atoms with Crippen molar-refractivity contribution in [1.29, 1.82) is 0 Å². The molecule has 2 aromatic rings. The molecule has 0 aliphatic carbocycles. The van der Waals surface area contributed by atoms with Crippen molar-refractivity contribution >= 4 is 17.5 Å². The fourth-order valence-electron chi connectivity index (χ4n) is 2.49. The average Bonchev–Trinajstić information content (AvgIpc) is 2.60. The van der Waals surface area contributed by atoms with Crippen molar-refractivity contribution in [2.75, 3.05) is 14.2 Å². The van der Waals surface area contributed by atoms with Crippen LogP contribution in [-0.4, -0.2) is 31.6 Å². The molecule has 4 nitrogen and oxygen atoms in total. The molecule has 140 valence electrons. The van der Waals surface area contributed by atoms with E-state index in [0.717, 1.165) is 11.1 Å². The first-order valence-corrected chi connectivity index (χ1v) is 8.37. The van der Waals surface area contributed by atoms with Gasteiger partial charge in [0.05, 0.1) is 7.11 Å². The van der Waals surface area contributed by atoms with E-state index in [0.29, 0.717) is 30.2 Å². The lowest BCUT2D eigenvalue weighted by molar-refractivity contribution is -0.130. The van der Waals surface area contributed by atoms with Crippen LogP contribution in [0.4, 0.5) is 8.78 Å². The second kappa shape index (κ2) is 9.38. The van der Waals surface area contributed by atoms with Crippen LogP contribution in [0.2, 0.25) is 5.02 Å². The first-order chi connectivity index (χ1) is 12.4. The van der Waals surface area contributed by atoms with Crippen LogP contribution >= 0.6 is 11.6 Å². The van der Waals surface area contributed by atoms with Gasteiger partial charge in [-0.2, -0.15) is 8.78 Å². The summed E-state index contributed by atoms with van der Waals surface area (Å²) in [4.78, 5) is 13.9. The number of alkyl halides is 2. The number of benzene rings is 2. The summed E-state index contributed by atoms with van der Waals surface area (Å²) in [5, 5.41) is 0.577. The smallest absolute Gasteiger partial charge is 0.387 e. The molecule has 0 bridgehead atoms. The van der Waals surface area contributed by atoms with Gasteiger partial charge in [0, 0.05) is 30.6 Å². The van der Waals surface area contributed by atoms with Crippen LogP contribution in [0, 0.1) is 0 Å². The van der Waals surface area contributed by atoms with Crippen LogP contribution in [0.1, 0.15) is 17.5 Å². The highest BCUT2D eigenvalue weighted by atomic mass is 35.5. The summed E-state index contributed by atoms with van der Waals surface area (Å²) in [5.74, 6) is 0.726. The number of hydrogen-bond acceptors (Lipinski definition) is 3. The Balaban J connectivity index is 1.90. The minimum atomic E-state index is -2.85. The van der Waals surface area contributed by atoms with E-state index in [4.69, 9.17) is 16.3 Å². The summed E-state index contributed by atoms with van der Waals surface area (Å²) in [6, 6.07) is 11.5. The van der Waals surface area contributed by atoms with Crippen LogP contribution in [0.25, 0.3) is 0 Å². The number of amides is 1. The van der Waals surface area contributed by atoms with Gasteiger partial charge in [0.25, 0.3) is 0 Å². The minimum Gasteiger partial charge on any atom is -0.496 e. The standard InChI is InChI=1S/C19H20ClF2NO3/c1-23(12-14-11-15(20)6-9-17(14)25-2)18(24)10-5-13-3-7-16(8-4-13)26-19(21)22/h3-4,6-9,11,19H,5,10,12H2,1-2H3. The number of nitrogens with zero attached hydrogens (tertiary/aromatic N) is 1. The third-order valence-corrected chi connectivity index (χ3v) is 4.09. The fourth-order valence-corrected chi connectivity index (χ4v) is 2.69. The molecular formula is C19H20ClF2NO3. The van der Waals surface area contributed by atoms with Gasteiger partial charge >= 0.3 is 6.61 Å². The van der Waals surface area contributed by atoms with E-state index in [-0.39, 0.29) is 11.7 Å². The molecule has 7 heteroatoms. The van der Waals surface area contributed by atoms with Gasteiger partial charge in [0.1, 0.15) is 11.5 Å². The lowest BCUT2D eigenvalue weighted by atomic mass is 10.1. The summed E-state index contributed by atoms with van der Waals surface area (Å²) in [7, 11) is 3.28. The highest BCUT2D eigenvalue weighted by Crippen LogP contribution is 2.24. The lowest BCUT2D eigenvalue weighted by Crippen LogP contribution is -2.26. The topological polar surface area (TPSA) is 38.8 Å². The third-order valence-electron chi connectivity index (χ3n) is 3.85. The quantitative estimate of drug-likeness (QED) is 0.671. The van der Waals surface area contributed by atoms with Gasteiger partial charge in [-0.1, -0.05) is 23.7 Å². The zero-order valence-corrected chi connectivity index (χ0v) is 15.3. The van der Waals surface area contributed by atoms with Crippen molar-refractivity contribution < 1.29 is 23.0 Å². The molecule has 0 saturated heterocycles. The van der Waals surface area contributed by atoms with Crippen LogP contribution < -0.4 is 9.47 Å². The van der Waals surface area contributed by atoms with Crippen molar-refractivity contribution in [3.63, 3.8) is 0 Å². The number of halogens is 3. The summed E-state index contributed by atoms with van der Waals surface area (Å²) in [6.45, 7) is -2.47. The van der Waals surface area contributed by atoms with Crippen molar-refractivity contribution in [3.05, 3.63) is 58.6 Å². The van der Waals surface area contributed by atoms with E-state index in [1.807, 2.05) is 0 Å². The molecule has 1 amide bonds. The van der Waals surface area contributed by atoms with Crippen molar-refractivity contribution in [3.8, 4) is 11.5 Å². The molecule has 0 saturated carbocycles. The Hall–Kier alpha value is -2.34. The number of methoxy groups -OCH3 is 1. The fraction of sp³-hybridized carbons (Fsp3) is 0.316. The van der Waals surface area contributed by atoms with Gasteiger partial charge in [0.15, 0.2) is 0 Å². The van der Waals surface area contributed by atoms with Gasteiger partial charge in [-0.15, -0.1) is 0 Å². The Kier molecular flexibility index (Phi) is 7.21. The number of hydrogen-bond donors (Lipinski definition) is 0. The minimum absolute atomic E-state index is 0.0417. The van der Waals surface area contributed by atoms with Gasteiger partial charge in [-0.05, 0) is 42.3 Å². The molecule has 2 rings (SSSR count). The van der Waals surface area contributed by atoms with E-state index < -0.39 is 6.61 Å². The molecule has 0 aliphatic heterocycles. The number of carbonyl (C=O) groups is 1. The molecule has 26 heavy (non-hydrogen) atoms. The monoisotopic (exact) mass is 383 g/mol. The summed E-state index contributed by atoms with van der Waals surface area (Å²) < 4.78 is 33.9. The first-order valence-electron chi connectivity index (χ1n) is 7.99. The highest BCUT2D eigenvalue weighted by Gasteiger charge is 2.13. The maximum absolute atomic E-state index is 12.3. The molecule has 0 atom stereocenters. The Morgan fingerprint density at radius 2 is 1.88 bits per heavy atom. The zero-order valence-electron chi connectivity index (χ0n) is 14.5. The van der Waals surface area contributed by atoms with E-state index in [1.54, 1.807) is 49.4 Å². The normalized spacial score (nSPS) is 10.7. The molecule has 0 radical (unpaired) electrons. The van der Waals surface area contributed by atoms with E-state index >= 15 is 0 Å². The van der Waals surface area contributed by atoms with Crippen molar-refractivity contribution in [2.24, 2.45) is 0 Å². The lowest BCUT2D eigenvalue weighted by Gasteiger charge is -2.19. The SMILES string of the molecule is COc1ccc(Cl)cc1CN(C)C(=O)CCc1ccc(OC(F)F)cc1. The molecule has 0 heterocycles. The van der Waals surface area contributed by atoms with Gasteiger partial charge in [0.2, 0.25) is 5.91 Å². The number of ether oxygens (including phenoxy) is 2. The highest BCUT2D eigenvalue weighted by molar-refractivity contribution is 6.30. The summed E-state index contributed by atoms with van der Waals surface area (Å²) >= 11 is 6.01. The molecule has 0 unspecified atom stereocenters. The van der Waals surface area contributed by atoms with Crippen LogP contribution in [0.3, 0.4) is 0 Å². The number of carbonyl (C=O) groups excluding carboxylic acids is 1.